The molecule has 1 unspecified atom stereocenters. The van der Waals surface area contributed by atoms with Crippen molar-refractivity contribution in [3.63, 3.8) is 0 Å². The van der Waals surface area contributed by atoms with Gasteiger partial charge in [-0.25, -0.2) is 4.79 Å². The average molecular weight is 517 g/mol. The lowest BCUT2D eigenvalue weighted by atomic mass is 9.83. The van der Waals surface area contributed by atoms with Crippen molar-refractivity contribution in [3.8, 4) is 0 Å². The third kappa shape index (κ3) is 6.27. The Balaban J connectivity index is 1.52. The molecule has 7 heteroatoms. The van der Waals surface area contributed by atoms with Crippen molar-refractivity contribution in [2.75, 3.05) is 6.61 Å². The summed E-state index contributed by atoms with van der Waals surface area (Å²) in [7, 11) is 0. The van der Waals surface area contributed by atoms with Crippen LogP contribution in [0.3, 0.4) is 0 Å². The fourth-order valence-corrected chi connectivity index (χ4v) is 4.61. The first-order valence-electron chi connectivity index (χ1n) is 12.2. The molecule has 0 aromatic heterocycles. The molecular formula is C30H29ClN2O4. The van der Waals surface area contributed by atoms with Gasteiger partial charge < -0.3 is 15.0 Å². The van der Waals surface area contributed by atoms with E-state index in [0.29, 0.717) is 28.4 Å². The Morgan fingerprint density at radius 3 is 2.30 bits per heavy atom. The Morgan fingerprint density at radius 1 is 0.973 bits per heavy atom. The number of hydrogen-bond donors (Lipinski definition) is 1. The van der Waals surface area contributed by atoms with E-state index < -0.39 is 11.9 Å². The minimum Gasteiger partial charge on any atom is -0.463 e. The summed E-state index contributed by atoms with van der Waals surface area (Å²) in [6, 6.07) is 24.0. The van der Waals surface area contributed by atoms with Gasteiger partial charge in [0.1, 0.15) is 0 Å². The smallest absolute Gasteiger partial charge is 0.336 e. The van der Waals surface area contributed by atoms with Crippen molar-refractivity contribution < 1.29 is 19.1 Å². The number of carbonyl (C=O) groups is 3. The van der Waals surface area contributed by atoms with Gasteiger partial charge in [0.25, 0.3) is 5.91 Å². The number of rotatable bonds is 8. The molecule has 0 saturated heterocycles. The molecular weight excluding hydrogens is 488 g/mol. The van der Waals surface area contributed by atoms with Gasteiger partial charge in [-0.15, -0.1) is 0 Å². The zero-order valence-electron chi connectivity index (χ0n) is 20.9. The molecule has 190 valence electrons. The molecule has 1 N–H and O–H groups in total. The van der Waals surface area contributed by atoms with E-state index in [0.717, 1.165) is 16.7 Å². The lowest BCUT2D eigenvalue weighted by Gasteiger charge is -2.34. The van der Waals surface area contributed by atoms with E-state index in [9.17, 15) is 14.4 Å². The van der Waals surface area contributed by atoms with Gasteiger partial charge in [0.2, 0.25) is 5.91 Å². The van der Waals surface area contributed by atoms with Crippen LogP contribution < -0.4 is 5.32 Å². The molecule has 1 aliphatic heterocycles. The molecule has 1 aliphatic rings. The number of nitrogens with zero attached hydrogens (tertiary/aromatic N) is 1. The summed E-state index contributed by atoms with van der Waals surface area (Å²) < 4.78 is 5.35. The SMILES string of the molecule is CCOC(=O)C1=C(C)N(Cc2ccc(C(=O)NCc3ccccc3)cc2)C(=O)CC1c1ccc(Cl)cc1. The second-order valence-corrected chi connectivity index (χ2v) is 9.31. The number of amides is 2. The number of hydrogen-bond acceptors (Lipinski definition) is 4. The van der Waals surface area contributed by atoms with E-state index in [2.05, 4.69) is 5.32 Å². The molecule has 6 nitrogen and oxygen atoms in total. The van der Waals surface area contributed by atoms with Crippen LogP contribution in [0, 0.1) is 0 Å². The fraction of sp³-hybridized carbons (Fsp3) is 0.233. The minimum atomic E-state index is -0.428. The van der Waals surface area contributed by atoms with E-state index in [1.807, 2.05) is 54.6 Å². The zero-order valence-corrected chi connectivity index (χ0v) is 21.6. The number of nitrogens with one attached hydrogen (secondary N) is 1. The molecule has 3 aromatic carbocycles. The number of halogens is 1. The van der Waals surface area contributed by atoms with Gasteiger partial charge in [0.05, 0.1) is 18.7 Å². The molecule has 0 saturated carbocycles. The van der Waals surface area contributed by atoms with E-state index in [1.54, 1.807) is 43.0 Å². The van der Waals surface area contributed by atoms with Crippen LogP contribution in [0.15, 0.2) is 90.1 Å². The number of ether oxygens (including phenoxy) is 1. The Labute approximate surface area is 221 Å². The van der Waals surface area contributed by atoms with Gasteiger partial charge in [0.15, 0.2) is 0 Å². The monoisotopic (exact) mass is 516 g/mol. The van der Waals surface area contributed by atoms with Crippen LogP contribution >= 0.6 is 11.6 Å². The summed E-state index contributed by atoms with van der Waals surface area (Å²) in [5.41, 5.74) is 4.28. The predicted octanol–water partition coefficient (Wildman–Crippen LogP) is 5.62. The first-order chi connectivity index (χ1) is 17.9. The highest BCUT2D eigenvalue weighted by atomic mass is 35.5. The van der Waals surface area contributed by atoms with Crippen molar-refractivity contribution in [1.29, 1.82) is 0 Å². The first kappa shape index (κ1) is 26.2. The lowest BCUT2D eigenvalue weighted by molar-refractivity contribution is -0.140. The molecule has 1 heterocycles. The third-order valence-electron chi connectivity index (χ3n) is 6.44. The summed E-state index contributed by atoms with van der Waals surface area (Å²) in [6.45, 7) is 4.50. The highest BCUT2D eigenvalue weighted by Crippen LogP contribution is 2.38. The van der Waals surface area contributed by atoms with Gasteiger partial charge in [-0.1, -0.05) is 66.2 Å². The topological polar surface area (TPSA) is 75.7 Å². The Hall–Kier alpha value is -3.90. The van der Waals surface area contributed by atoms with Crippen molar-refractivity contribution in [2.24, 2.45) is 0 Å². The molecule has 1 atom stereocenters. The average Bonchev–Trinajstić information content (AvgIpc) is 2.91. The number of allylic oxidation sites excluding steroid dienone is 1. The van der Waals surface area contributed by atoms with E-state index >= 15 is 0 Å². The van der Waals surface area contributed by atoms with E-state index in [4.69, 9.17) is 16.3 Å². The number of carbonyl (C=O) groups excluding carboxylic acids is 3. The van der Waals surface area contributed by atoms with E-state index in [1.165, 1.54) is 0 Å². The fourth-order valence-electron chi connectivity index (χ4n) is 4.48. The first-order valence-corrected chi connectivity index (χ1v) is 12.6. The van der Waals surface area contributed by atoms with Gasteiger partial charge in [-0.05, 0) is 54.8 Å². The predicted molar refractivity (Wildman–Crippen MR) is 143 cm³/mol. The number of benzene rings is 3. The zero-order chi connectivity index (χ0) is 26.4. The van der Waals surface area contributed by atoms with Crippen molar-refractivity contribution in [2.45, 2.75) is 39.3 Å². The van der Waals surface area contributed by atoms with Gasteiger partial charge in [0, 0.05) is 35.2 Å². The van der Waals surface area contributed by atoms with Crippen LogP contribution in [0.25, 0.3) is 0 Å². The van der Waals surface area contributed by atoms with E-state index in [-0.39, 0.29) is 31.4 Å². The summed E-state index contributed by atoms with van der Waals surface area (Å²) in [4.78, 5) is 40.4. The molecule has 4 rings (SSSR count). The normalized spacial score (nSPS) is 15.5. The molecule has 0 fully saturated rings. The maximum absolute atomic E-state index is 13.2. The second kappa shape index (κ2) is 11.9. The van der Waals surface area contributed by atoms with Gasteiger partial charge >= 0.3 is 5.97 Å². The highest BCUT2D eigenvalue weighted by Gasteiger charge is 2.36. The van der Waals surface area contributed by atoms with Gasteiger partial charge in [-0.2, -0.15) is 0 Å². The molecule has 0 bridgehead atoms. The Morgan fingerprint density at radius 2 is 1.65 bits per heavy atom. The van der Waals surface area contributed by atoms with Crippen LogP contribution in [0.4, 0.5) is 0 Å². The standard InChI is InChI=1S/C30H29ClN2O4/c1-3-37-30(36)28-20(2)33(27(34)17-26(28)23-13-15-25(31)16-14-23)19-22-9-11-24(12-10-22)29(35)32-18-21-7-5-4-6-8-21/h4-16,26H,3,17-19H2,1-2H3,(H,32,35). The number of esters is 1. The Bertz CT molecular complexity index is 1300. The lowest BCUT2D eigenvalue weighted by Crippen LogP contribution is -2.38. The maximum atomic E-state index is 13.2. The van der Waals surface area contributed by atoms with Crippen LogP contribution in [0.1, 0.15) is 53.2 Å². The van der Waals surface area contributed by atoms with Crippen LogP contribution in [0.2, 0.25) is 5.02 Å². The molecule has 0 radical (unpaired) electrons. The quantitative estimate of drug-likeness (QED) is 0.394. The van der Waals surface area contributed by atoms with Gasteiger partial charge in [-0.3, -0.25) is 9.59 Å². The van der Waals surface area contributed by atoms with Crippen molar-refractivity contribution in [1.82, 2.24) is 10.2 Å². The summed E-state index contributed by atoms with van der Waals surface area (Å²) in [5, 5.41) is 3.50. The summed E-state index contributed by atoms with van der Waals surface area (Å²) in [6.07, 6.45) is 0.146. The molecule has 3 aromatic rings. The largest absolute Gasteiger partial charge is 0.463 e. The molecule has 37 heavy (non-hydrogen) atoms. The van der Waals surface area contributed by atoms with Crippen LogP contribution in [-0.2, 0) is 27.4 Å². The summed E-state index contributed by atoms with van der Waals surface area (Å²) in [5.74, 6) is -1.09. The Kier molecular flexibility index (Phi) is 8.41. The molecule has 0 spiro atoms. The van der Waals surface area contributed by atoms with Crippen LogP contribution in [-0.4, -0.2) is 29.3 Å². The van der Waals surface area contributed by atoms with Crippen LogP contribution in [0.5, 0.6) is 0 Å². The highest BCUT2D eigenvalue weighted by molar-refractivity contribution is 6.30. The summed E-state index contributed by atoms with van der Waals surface area (Å²) >= 11 is 6.04. The maximum Gasteiger partial charge on any atom is 0.336 e. The third-order valence-corrected chi connectivity index (χ3v) is 6.70. The second-order valence-electron chi connectivity index (χ2n) is 8.87. The molecule has 2 amide bonds. The molecule has 0 aliphatic carbocycles. The van der Waals surface area contributed by atoms with Crippen molar-refractivity contribution >= 4 is 29.4 Å². The minimum absolute atomic E-state index is 0.0878. The van der Waals surface area contributed by atoms with Crippen molar-refractivity contribution in [3.05, 3.63) is 117 Å².